The molecule has 152 valence electrons. The lowest BCUT2D eigenvalue weighted by Crippen LogP contribution is -2.43. The van der Waals surface area contributed by atoms with Crippen molar-refractivity contribution in [1.29, 1.82) is 0 Å². The minimum Gasteiger partial charge on any atom is -0.496 e. The summed E-state index contributed by atoms with van der Waals surface area (Å²) in [5.41, 5.74) is 2.18. The highest BCUT2D eigenvalue weighted by atomic mass is 16.5. The third kappa shape index (κ3) is 4.74. The number of carbonyl (C=O) groups excluding carboxylic acids is 2. The SMILES string of the molecule is COc1cc(NC(=O)C2CCCN(C(=O)c3ccc(C)cc3)C2)ccc1C(=O)O. The van der Waals surface area contributed by atoms with Gasteiger partial charge >= 0.3 is 5.97 Å². The number of hydrogen-bond acceptors (Lipinski definition) is 4. The number of amides is 2. The Kier molecular flexibility index (Phi) is 6.16. The molecule has 1 fully saturated rings. The lowest BCUT2D eigenvalue weighted by Gasteiger charge is -2.32. The van der Waals surface area contributed by atoms with Crippen LogP contribution in [0, 0.1) is 12.8 Å². The predicted molar refractivity (Wildman–Crippen MR) is 108 cm³/mol. The molecule has 2 aromatic rings. The molecular weight excluding hydrogens is 372 g/mol. The Balaban J connectivity index is 1.67. The summed E-state index contributed by atoms with van der Waals surface area (Å²) in [6.07, 6.45) is 1.44. The summed E-state index contributed by atoms with van der Waals surface area (Å²) in [5, 5.41) is 12.0. The number of hydrogen-bond donors (Lipinski definition) is 2. The van der Waals surface area contributed by atoms with Crippen LogP contribution in [-0.2, 0) is 4.79 Å². The summed E-state index contributed by atoms with van der Waals surface area (Å²) in [7, 11) is 1.38. The molecule has 1 atom stereocenters. The third-order valence-electron chi connectivity index (χ3n) is 5.08. The monoisotopic (exact) mass is 396 g/mol. The van der Waals surface area contributed by atoms with Gasteiger partial charge in [0, 0.05) is 30.4 Å². The first-order chi connectivity index (χ1) is 13.9. The average Bonchev–Trinajstić information content (AvgIpc) is 2.73. The van der Waals surface area contributed by atoms with Gasteiger partial charge in [0.15, 0.2) is 0 Å². The minimum atomic E-state index is -1.10. The molecule has 1 heterocycles. The van der Waals surface area contributed by atoms with Crippen molar-refractivity contribution in [3.05, 3.63) is 59.2 Å². The van der Waals surface area contributed by atoms with Gasteiger partial charge in [0.25, 0.3) is 5.91 Å². The first-order valence-corrected chi connectivity index (χ1v) is 9.47. The summed E-state index contributed by atoms with van der Waals surface area (Å²) in [5.74, 6) is -1.53. The Morgan fingerprint density at radius 2 is 1.86 bits per heavy atom. The number of carboxylic acid groups (broad SMARTS) is 1. The molecule has 7 heteroatoms. The molecule has 0 spiro atoms. The van der Waals surface area contributed by atoms with Crippen molar-refractivity contribution in [3.63, 3.8) is 0 Å². The standard InChI is InChI=1S/C22H24N2O5/c1-14-5-7-15(8-6-14)21(26)24-11-3-4-16(13-24)20(25)23-17-9-10-18(22(27)28)19(12-17)29-2/h5-10,12,16H,3-4,11,13H2,1-2H3,(H,23,25)(H,27,28). The number of aromatic carboxylic acids is 1. The van der Waals surface area contributed by atoms with Crippen LogP contribution in [-0.4, -0.2) is 48.0 Å². The quantitative estimate of drug-likeness (QED) is 0.809. The van der Waals surface area contributed by atoms with E-state index in [-0.39, 0.29) is 29.0 Å². The Morgan fingerprint density at radius 3 is 2.52 bits per heavy atom. The zero-order valence-electron chi connectivity index (χ0n) is 16.5. The second-order valence-corrected chi connectivity index (χ2v) is 7.17. The molecule has 0 aromatic heterocycles. The van der Waals surface area contributed by atoms with Crippen LogP contribution in [0.15, 0.2) is 42.5 Å². The van der Waals surface area contributed by atoms with Crippen molar-refractivity contribution in [3.8, 4) is 5.75 Å². The van der Waals surface area contributed by atoms with Crippen LogP contribution >= 0.6 is 0 Å². The van der Waals surface area contributed by atoms with Crippen LogP contribution in [0.2, 0.25) is 0 Å². The van der Waals surface area contributed by atoms with Crippen LogP contribution in [0.25, 0.3) is 0 Å². The molecular formula is C22H24N2O5. The molecule has 0 aliphatic carbocycles. The third-order valence-corrected chi connectivity index (χ3v) is 5.08. The van der Waals surface area contributed by atoms with Gasteiger partial charge in [0.05, 0.1) is 13.0 Å². The van der Waals surface area contributed by atoms with Gasteiger partial charge in [-0.25, -0.2) is 4.79 Å². The smallest absolute Gasteiger partial charge is 0.339 e. The van der Waals surface area contributed by atoms with E-state index in [9.17, 15) is 14.4 Å². The van der Waals surface area contributed by atoms with Gasteiger partial charge in [-0.3, -0.25) is 9.59 Å². The zero-order chi connectivity index (χ0) is 21.0. The number of benzene rings is 2. The predicted octanol–water partition coefficient (Wildman–Crippen LogP) is 3.19. The maximum Gasteiger partial charge on any atom is 0.339 e. The number of rotatable bonds is 5. The fourth-order valence-corrected chi connectivity index (χ4v) is 3.44. The van der Waals surface area contributed by atoms with E-state index in [1.54, 1.807) is 17.0 Å². The number of aryl methyl sites for hydroxylation is 1. The molecule has 29 heavy (non-hydrogen) atoms. The van der Waals surface area contributed by atoms with Crippen LogP contribution < -0.4 is 10.1 Å². The Bertz CT molecular complexity index is 923. The van der Waals surface area contributed by atoms with Crippen LogP contribution in [0.5, 0.6) is 5.75 Å². The van der Waals surface area contributed by atoms with Crippen molar-refractivity contribution in [2.45, 2.75) is 19.8 Å². The summed E-state index contributed by atoms with van der Waals surface area (Å²) in [4.78, 5) is 38.4. The molecule has 0 radical (unpaired) electrons. The Morgan fingerprint density at radius 1 is 1.14 bits per heavy atom. The van der Waals surface area contributed by atoms with Crippen molar-refractivity contribution in [2.75, 3.05) is 25.5 Å². The molecule has 1 aliphatic heterocycles. The average molecular weight is 396 g/mol. The number of nitrogens with one attached hydrogen (secondary N) is 1. The van der Waals surface area contributed by atoms with E-state index in [0.717, 1.165) is 12.0 Å². The van der Waals surface area contributed by atoms with E-state index in [1.807, 2.05) is 19.1 Å². The second-order valence-electron chi connectivity index (χ2n) is 7.17. The number of anilines is 1. The summed E-state index contributed by atoms with van der Waals surface area (Å²) in [6, 6.07) is 11.8. The van der Waals surface area contributed by atoms with E-state index in [1.165, 1.54) is 25.3 Å². The fraction of sp³-hybridized carbons (Fsp3) is 0.318. The van der Waals surface area contributed by atoms with E-state index in [0.29, 0.717) is 30.8 Å². The number of piperidine rings is 1. The number of ether oxygens (including phenoxy) is 1. The van der Waals surface area contributed by atoms with Crippen molar-refractivity contribution < 1.29 is 24.2 Å². The molecule has 1 unspecified atom stereocenters. The molecule has 0 saturated carbocycles. The molecule has 3 rings (SSSR count). The van der Waals surface area contributed by atoms with Gasteiger partial charge in [-0.2, -0.15) is 0 Å². The number of carboxylic acids is 1. The fourth-order valence-electron chi connectivity index (χ4n) is 3.44. The van der Waals surface area contributed by atoms with E-state index < -0.39 is 5.97 Å². The molecule has 2 aromatic carbocycles. The number of carbonyl (C=O) groups is 3. The van der Waals surface area contributed by atoms with Gasteiger partial charge in [-0.1, -0.05) is 17.7 Å². The summed E-state index contributed by atoms with van der Waals surface area (Å²) in [6.45, 7) is 2.94. The minimum absolute atomic E-state index is 0.0260. The molecule has 1 saturated heterocycles. The number of nitrogens with zero attached hydrogens (tertiary/aromatic N) is 1. The van der Waals surface area contributed by atoms with E-state index in [2.05, 4.69) is 5.32 Å². The Hall–Kier alpha value is -3.35. The van der Waals surface area contributed by atoms with Crippen molar-refractivity contribution in [1.82, 2.24) is 4.90 Å². The van der Waals surface area contributed by atoms with Crippen molar-refractivity contribution in [2.24, 2.45) is 5.92 Å². The van der Waals surface area contributed by atoms with Gasteiger partial charge < -0.3 is 20.1 Å². The topological polar surface area (TPSA) is 95.9 Å². The van der Waals surface area contributed by atoms with Crippen molar-refractivity contribution >= 4 is 23.5 Å². The summed E-state index contributed by atoms with van der Waals surface area (Å²) >= 11 is 0. The zero-order valence-corrected chi connectivity index (χ0v) is 16.5. The highest BCUT2D eigenvalue weighted by Crippen LogP contribution is 2.25. The second kappa shape index (κ2) is 8.77. The maximum atomic E-state index is 12.7. The van der Waals surface area contributed by atoms with Crippen LogP contribution in [0.3, 0.4) is 0 Å². The van der Waals surface area contributed by atoms with Gasteiger partial charge in [0.2, 0.25) is 5.91 Å². The normalized spacial score (nSPS) is 16.2. The largest absolute Gasteiger partial charge is 0.496 e. The summed E-state index contributed by atoms with van der Waals surface area (Å²) < 4.78 is 5.10. The molecule has 0 bridgehead atoms. The van der Waals surface area contributed by atoms with Crippen LogP contribution in [0.1, 0.15) is 39.1 Å². The van der Waals surface area contributed by atoms with Crippen LogP contribution in [0.4, 0.5) is 5.69 Å². The molecule has 1 aliphatic rings. The highest BCUT2D eigenvalue weighted by molar-refractivity contribution is 5.97. The van der Waals surface area contributed by atoms with E-state index in [4.69, 9.17) is 9.84 Å². The first kappa shape index (κ1) is 20.4. The number of methoxy groups -OCH3 is 1. The van der Waals surface area contributed by atoms with Gasteiger partial charge in [-0.05, 0) is 44.0 Å². The number of likely N-dealkylation sites (tertiary alicyclic amines) is 1. The molecule has 2 amide bonds. The van der Waals surface area contributed by atoms with E-state index >= 15 is 0 Å². The highest BCUT2D eigenvalue weighted by Gasteiger charge is 2.29. The van der Waals surface area contributed by atoms with Gasteiger partial charge in [-0.15, -0.1) is 0 Å². The first-order valence-electron chi connectivity index (χ1n) is 9.47. The lowest BCUT2D eigenvalue weighted by atomic mass is 9.96. The van der Waals surface area contributed by atoms with Gasteiger partial charge in [0.1, 0.15) is 11.3 Å². The molecule has 2 N–H and O–H groups in total. The Labute approximate surface area is 169 Å². The molecule has 7 nitrogen and oxygen atoms in total. The maximum absolute atomic E-state index is 12.7. The lowest BCUT2D eigenvalue weighted by molar-refractivity contribution is -0.121.